The fraction of sp³-hybridized carbons (Fsp3) is 0.267. The minimum absolute atomic E-state index is 0.225. The van der Waals surface area contributed by atoms with Gasteiger partial charge in [-0.2, -0.15) is 0 Å². The molecular weight excluding hydrogens is 246 g/mol. The molecule has 1 N–H and O–H groups in total. The maximum absolute atomic E-state index is 11.7. The normalized spacial score (nSPS) is 13.9. The molecule has 0 aliphatic carbocycles. The lowest BCUT2D eigenvalue weighted by Gasteiger charge is -2.22. The first-order valence-electron chi connectivity index (χ1n) is 5.73. The van der Waals surface area contributed by atoms with E-state index >= 15 is 0 Å². The van der Waals surface area contributed by atoms with Gasteiger partial charge in [-0.1, -0.05) is 42.6 Å². The zero-order chi connectivity index (χ0) is 13.6. The average Bonchev–Trinajstić information content (AvgIpc) is 2.37. The number of nitrogens with one attached hydrogen (secondary N) is 1. The highest BCUT2D eigenvalue weighted by molar-refractivity contribution is 6.32. The maximum atomic E-state index is 11.7. The summed E-state index contributed by atoms with van der Waals surface area (Å²) in [5, 5.41) is 3.39. The molecule has 1 aromatic rings. The fourth-order valence-corrected chi connectivity index (χ4v) is 1.51. The highest BCUT2D eigenvalue weighted by Gasteiger charge is 2.19. The van der Waals surface area contributed by atoms with Crippen LogP contribution in [0.2, 0.25) is 5.02 Å². The number of carbonyl (C=O) groups excluding carboxylic acids is 1. The summed E-state index contributed by atoms with van der Waals surface area (Å²) in [6, 6.07) is 7.32. The van der Waals surface area contributed by atoms with Gasteiger partial charge in [-0.15, -0.1) is 6.42 Å². The summed E-state index contributed by atoms with van der Waals surface area (Å²) in [6.45, 7) is 3.74. The molecule has 0 heterocycles. The zero-order valence-electron chi connectivity index (χ0n) is 10.5. The largest absolute Gasteiger partial charge is 0.337 e. The molecule has 0 fully saturated rings. The van der Waals surface area contributed by atoms with E-state index in [9.17, 15) is 4.79 Å². The Morgan fingerprint density at radius 1 is 1.56 bits per heavy atom. The predicted molar refractivity (Wildman–Crippen MR) is 76.2 cm³/mol. The SMILES string of the molecule is C#CC(C)(CC)NC(=O)C=Cc1ccccc1Cl. The first kappa shape index (κ1) is 14.3. The predicted octanol–water partition coefficient (Wildman–Crippen LogP) is 3.27. The standard InChI is InChI=1S/C15H16ClNO/c1-4-15(3,5-2)17-14(18)11-10-12-8-6-7-9-13(12)16/h1,6-11H,5H2,2-3H3,(H,17,18). The van der Waals surface area contributed by atoms with Crippen molar-refractivity contribution in [3.63, 3.8) is 0 Å². The fourth-order valence-electron chi connectivity index (χ4n) is 1.32. The van der Waals surface area contributed by atoms with E-state index in [-0.39, 0.29) is 5.91 Å². The topological polar surface area (TPSA) is 29.1 Å². The summed E-state index contributed by atoms with van der Waals surface area (Å²) in [7, 11) is 0. The molecule has 2 nitrogen and oxygen atoms in total. The second-order valence-corrected chi connectivity index (χ2v) is 4.58. The van der Waals surface area contributed by atoms with Gasteiger partial charge in [-0.05, 0) is 31.1 Å². The molecule has 94 valence electrons. The van der Waals surface area contributed by atoms with E-state index in [2.05, 4.69) is 11.2 Å². The molecule has 0 aromatic heterocycles. The molecule has 0 radical (unpaired) electrons. The van der Waals surface area contributed by atoms with Gasteiger partial charge in [0, 0.05) is 11.1 Å². The van der Waals surface area contributed by atoms with E-state index in [0.29, 0.717) is 11.4 Å². The van der Waals surface area contributed by atoms with Crippen molar-refractivity contribution in [1.29, 1.82) is 0 Å². The van der Waals surface area contributed by atoms with Crippen LogP contribution in [-0.4, -0.2) is 11.4 Å². The molecule has 0 spiro atoms. The Balaban J connectivity index is 2.72. The van der Waals surface area contributed by atoms with Crippen molar-refractivity contribution >= 4 is 23.6 Å². The van der Waals surface area contributed by atoms with Crippen LogP contribution in [0.5, 0.6) is 0 Å². The van der Waals surface area contributed by atoms with Crippen LogP contribution in [0.3, 0.4) is 0 Å². The van der Waals surface area contributed by atoms with Crippen molar-refractivity contribution in [2.45, 2.75) is 25.8 Å². The van der Waals surface area contributed by atoms with Gasteiger partial charge in [0.2, 0.25) is 5.91 Å². The van der Waals surface area contributed by atoms with E-state index < -0.39 is 5.54 Å². The third kappa shape index (κ3) is 3.94. The molecule has 0 aliphatic heterocycles. The Labute approximate surface area is 113 Å². The lowest BCUT2D eigenvalue weighted by atomic mass is 10.0. The lowest BCUT2D eigenvalue weighted by molar-refractivity contribution is -0.117. The summed E-state index contributed by atoms with van der Waals surface area (Å²) in [5.74, 6) is 2.35. The molecule has 1 amide bonds. The number of carbonyl (C=O) groups is 1. The van der Waals surface area contributed by atoms with Crippen molar-refractivity contribution in [3.05, 3.63) is 40.9 Å². The second-order valence-electron chi connectivity index (χ2n) is 4.17. The third-order valence-electron chi connectivity index (χ3n) is 2.74. The van der Waals surface area contributed by atoms with Gasteiger partial charge in [0.1, 0.15) is 0 Å². The Hall–Kier alpha value is -1.72. The van der Waals surface area contributed by atoms with Crippen LogP contribution in [0.15, 0.2) is 30.3 Å². The number of hydrogen-bond donors (Lipinski definition) is 1. The molecule has 0 bridgehead atoms. The minimum Gasteiger partial charge on any atom is -0.337 e. The molecule has 0 saturated heterocycles. The van der Waals surface area contributed by atoms with Gasteiger partial charge >= 0.3 is 0 Å². The van der Waals surface area contributed by atoms with Gasteiger partial charge in [0.05, 0.1) is 5.54 Å². The monoisotopic (exact) mass is 261 g/mol. The van der Waals surface area contributed by atoms with E-state index in [4.69, 9.17) is 18.0 Å². The molecule has 1 aromatic carbocycles. The number of benzene rings is 1. The van der Waals surface area contributed by atoms with E-state index in [0.717, 1.165) is 5.56 Å². The molecule has 0 saturated carbocycles. The molecular formula is C15H16ClNO. The van der Waals surface area contributed by atoms with E-state index in [1.807, 2.05) is 32.0 Å². The van der Waals surface area contributed by atoms with Gasteiger partial charge in [0.25, 0.3) is 0 Å². The number of hydrogen-bond acceptors (Lipinski definition) is 1. The van der Waals surface area contributed by atoms with Crippen LogP contribution < -0.4 is 5.32 Å². The van der Waals surface area contributed by atoms with Gasteiger partial charge in [-0.25, -0.2) is 0 Å². The van der Waals surface area contributed by atoms with Crippen LogP contribution in [0.4, 0.5) is 0 Å². The summed E-state index contributed by atoms with van der Waals surface area (Å²) in [5.41, 5.74) is 0.190. The van der Waals surface area contributed by atoms with Crippen LogP contribution in [-0.2, 0) is 4.79 Å². The first-order valence-corrected chi connectivity index (χ1v) is 6.11. The van der Waals surface area contributed by atoms with Gasteiger partial charge in [0.15, 0.2) is 0 Å². The summed E-state index contributed by atoms with van der Waals surface area (Å²) < 4.78 is 0. The Morgan fingerprint density at radius 3 is 2.78 bits per heavy atom. The number of halogens is 1. The Kier molecular flexibility index (Phi) is 5.00. The van der Waals surface area contributed by atoms with Crippen LogP contribution in [0.1, 0.15) is 25.8 Å². The smallest absolute Gasteiger partial charge is 0.245 e. The Morgan fingerprint density at radius 2 is 2.22 bits per heavy atom. The highest BCUT2D eigenvalue weighted by Crippen LogP contribution is 2.16. The van der Waals surface area contributed by atoms with Crippen LogP contribution in [0, 0.1) is 12.3 Å². The van der Waals surface area contributed by atoms with Crippen molar-refractivity contribution in [1.82, 2.24) is 5.32 Å². The molecule has 1 unspecified atom stereocenters. The van der Waals surface area contributed by atoms with E-state index in [1.54, 1.807) is 12.1 Å². The van der Waals surface area contributed by atoms with Crippen molar-refractivity contribution in [2.24, 2.45) is 0 Å². The van der Waals surface area contributed by atoms with Crippen LogP contribution in [0.25, 0.3) is 6.08 Å². The van der Waals surface area contributed by atoms with E-state index in [1.165, 1.54) is 6.08 Å². The molecule has 1 rings (SSSR count). The van der Waals surface area contributed by atoms with Gasteiger partial charge in [-0.3, -0.25) is 4.79 Å². The highest BCUT2D eigenvalue weighted by atomic mass is 35.5. The molecule has 3 heteroatoms. The third-order valence-corrected chi connectivity index (χ3v) is 3.09. The minimum atomic E-state index is -0.609. The van der Waals surface area contributed by atoms with Gasteiger partial charge < -0.3 is 5.32 Å². The zero-order valence-corrected chi connectivity index (χ0v) is 11.3. The second kappa shape index (κ2) is 6.28. The average molecular weight is 262 g/mol. The first-order chi connectivity index (χ1) is 8.50. The quantitative estimate of drug-likeness (QED) is 0.654. The summed E-state index contributed by atoms with van der Waals surface area (Å²) >= 11 is 5.98. The molecule has 18 heavy (non-hydrogen) atoms. The van der Waals surface area contributed by atoms with Crippen molar-refractivity contribution in [2.75, 3.05) is 0 Å². The Bertz CT molecular complexity index is 501. The lowest BCUT2D eigenvalue weighted by Crippen LogP contribution is -2.43. The van der Waals surface area contributed by atoms with Crippen molar-refractivity contribution in [3.8, 4) is 12.3 Å². The van der Waals surface area contributed by atoms with Crippen LogP contribution >= 0.6 is 11.6 Å². The molecule has 0 aliphatic rings. The van der Waals surface area contributed by atoms with Crippen molar-refractivity contribution < 1.29 is 4.79 Å². The summed E-state index contributed by atoms with van der Waals surface area (Å²) in [6.07, 6.45) is 9.17. The number of terminal acetylenes is 1. The number of amides is 1. The number of rotatable bonds is 4. The molecule has 1 atom stereocenters. The maximum Gasteiger partial charge on any atom is 0.245 e. The summed E-state index contributed by atoms with van der Waals surface area (Å²) in [4.78, 5) is 11.7.